The minimum absolute atomic E-state index is 0.257. The van der Waals surface area contributed by atoms with Gasteiger partial charge in [0.1, 0.15) is 11.4 Å². The summed E-state index contributed by atoms with van der Waals surface area (Å²) in [5.41, 5.74) is 3.88. The topological polar surface area (TPSA) is 61.3 Å². The number of fused-ring (bicyclic) bond motifs is 1. The van der Waals surface area contributed by atoms with Crippen molar-refractivity contribution in [2.45, 2.75) is 44.6 Å². The van der Waals surface area contributed by atoms with E-state index in [0.29, 0.717) is 12.0 Å². The van der Waals surface area contributed by atoms with Crippen LogP contribution in [0.1, 0.15) is 42.7 Å². The normalized spacial score (nSPS) is 20.1. The van der Waals surface area contributed by atoms with Crippen LogP contribution in [0.5, 0.6) is 5.75 Å². The molecular formula is C24H28N4O. The number of phenols is 1. The Bertz CT molecular complexity index is 1060. The molecular weight excluding hydrogens is 360 g/mol. The SMILES string of the molecule is Cc1ccc(-c2nnc(N[C@@H]3CCCN(C)C3)c3c(C4CC4)cccc23)c(O)c1. The summed E-state index contributed by atoms with van der Waals surface area (Å²) in [6.07, 6.45) is 4.82. The molecule has 0 amide bonds. The van der Waals surface area contributed by atoms with Gasteiger partial charge in [0.15, 0.2) is 5.82 Å². The number of nitrogens with zero attached hydrogens (tertiary/aromatic N) is 3. The van der Waals surface area contributed by atoms with Gasteiger partial charge in [-0.25, -0.2) is 0 Å². The van der Waals surface area contributed by atoms with Gasteiger partial charge in [-0.15, -0.1) is 10.2 Å². The van der Waals surface area contributed by atoms with Gasteiger partial charge < -0.3 is 15.3 Å². The first kappa shape index (κ1) is 18.4. The van der Waals surface area contributed by atoms with Crippen LogP contribution >= 0.6 is 0 Å². The van der Waals surface area contributed by atoms with Crippen molar-refractivity contribution in [2.75, 3.05) is 25.5 Å². The third kappa shape index (κ3) is 3.55. The molecule has 0 spiro atoms. The lowest BCUT2D eigenvalue weighted by atomic mass is 9.97. The van der Waals surface area contributed by atoms with Crippen molar-refractivity contribution in [3.8, 4) is 17.0 Å². The monoisotopic (exact) mass is 388 g/mol. The number of anilines is 1. The molecule has 5 nitrogen and oxygen atoms in total. The number of aryl methyl sites for hydroxylation is 1. The lowest BCUT2D eigenvalue weighted by Gasteiger charge is -2.31. The van der Waals surface area contributed by atoms with Crippen LogP contribution in [0.2, 0.25) is 0 Å². The minimum atomic E-state index is 0.257. The lowest BCUT2D eigenvalue weighted by molar-refractivity contribution is 0.261. The fourth-order valence-corrected chi connectivity index (χ4v) is 4.59. The van der Waals surface area contributed by atoms with E-state index < -0.39 is 0 Å². The molecule has 1 aliphatic heterocycles. The summed E-state index contributed by atoms with van der Waals surface area (Å²) in [6, 6.07) is 12.6. The second kappa shape index (κ2) is 7.30. The van der Waals surface area contributed by atoms with Crippen molar-refractivity contribution in [3.63, 3.8) is 0 Å². The maximum atomic E-state index is 10.6. The van der Waals surface area contributed by atoms with E-state index in [9.17, 15) is 5.11 Å². The van der Waals surface area contributed by atoms with Gasteiger partial charge in [0.25, 0.3) is 0 Å². The van der Waals surface area contributed by atoms with E-state index in [1.165, 1.54) is 30.2 Å². The zero-order valence-corrected chi connectivity index (χ0v) is 17.2. The predicted octanol–water partition coefficient (Wildman–Crippen LogP) is 4.69. The number of rotatable bonds is 4. The molecule has 2 aromatic carbocycles. The average molecular weight is 389 g/mol. The average Bonchev–Trinajstić information content (AvgIpc) is 3.54. The number of phenolic OH excluding ortho intramolecular Hbond substituents is 1. The number of likely N-dealkylation sites (tertiary alicyclic amines) is 1. The zero-order valence-electron chi connectivity index (χ0n) is 17.2. The van der Waals surface area contributed by atoms with E-state index in [1.54, 1.807) is 6.07 Å². The number of aromatic nitrogens is 2. The Balaban J connectivity index is 1.65. The Labute approximate surface area is 171 Å². The van der Waals surface area contributed by atoms with E-state index in [0.717, 1.165) is 47.5 Å². The van der Waals surface area contributed by atoms with Crippen molar-refractivity contribution >= 4 is 16.6 Å². The van der Waals surface area contributed by atoms with Gasteiger partial charge in [-0.3, -0.25) is 0 Å². The summed E-state index contributed by atoms with van der Waals surface area (Å²) in [5, 5.41) is 25.7. The van der Waals surface area contributed by atoms with Gasteiger partial charge in [-0.2, -0.15) is 0 Å². The van der Waals surface area contributed by atoms with E-state index in [1.807, 2.05) is 19.1 Å². The van der Waals surface area contributed by atoms with Crippen molar-refractivity contribution in [1.29, 1.82) is 0 Å². The van der Waals surface area contributed by atoms with Crippen molar-refractivity contribution in [3.05, 3.63) is 47.5 Å². The Hall–Kier alpha value is -2.66. The molecule has 2 aliphatic rings. The molecule has 5 heteroatoms. The fraction of sp³-hybridized carbons (Fsp3) is 0.417. The molecule has 2 N–H and O–H groups in total. The molecule has 1 saturated heterocycles. The smallest absolute Gasteiger partial charge is 0.157 e. The van der Waals surface area contributed by atoms with Gasteiger partial charge in [-0.05, 0) is 75.4 Å². The molecule has 0 bridgehead atoms. The molecule has 1 saturated carbocycles. The first-order valence-electron chi connectivity index (χ1n) is 10.6. The van der Waals surface area contributed by atoms with Crippen molar-refractivity contribution in [2.24, 2.45) is 0 Å². The Kier molecular flexibility index (Phi) is 4.63. The maximum absolute atomic E-state index is 10.6. The van der Waals surface area contributed by atoms with Crippen molar-refractivity contribution in [1.82, 2.24) is 15.1 Å². The van der Waals surface area contributed by atoms with Crippen LogP contribution in [-0.4, -0.2) is 46.4 Å². The van der Waals surface area contributed by atoms with Crippen LogP contribution in [0.15, 0.2) is 36.4 Å². The van der Waals surface area contributed by atoms with Gasteiger partial charge >= 0.3 is 0 Å². The highest BCUT2D eigenvalue weighted by molar-refractivity contribution is 6.03. The highest BCUT2D eigenvalue weighted by Crippen LogP contribution is 2.46. The van der Waals surface area contributed by atoms with Gasteiger partial charge in [0, 0.05) is 28.9 Å². The first-order valence-corrected chi connectivity index (χ1v) is 10.6. The lowest BCUT2D eigenvalue weighted by Crippen LogP contribution is -2.40. The predicted molar refractivity (Wildman–Crippen MR) is 117 cm³/mol. The molecule has 3 aromatic rings. The second-order valence-corrected chi connectivity index (χ2v) is 8.71. The van der Waals surface area contributed by atoms with Crippen LogP contribution in [0, 0.1) is 6.92 Å². The van der Waals surface area contributed by atoms with E-state index in [-0.39, 0.29) is 5.75 Å². The summed E-state index contributed by atoms with van der Waals surface area (Å²) in [7, 11) is 2.18. The molecule has 0 unspecified atom stereocenters. The highest BCUT2D eigenvalue weighted by atomic mass is 16.3. The summed E-state index contributed by atoms with van der Waals surface area (Å²) in [5.74, 6) is 1.75. The summed E-state index contributed by atoms with van der Waals surface area (Å²) in [6.45, 7) is 4.16. The standard InChI is InChI=1S/C24H28N4O/c1-15-8-11-19(21(29)13-15)23-20-7-3-6-18(16-9-10-16)22(20)24(27-26-23)25-17-5-4-12-28(2)14-17/h3,6-8,11,13,16-17,29H,4-5,9-10,12,14H2,1-2H3,(H,25,27)/t17-/m1/s1. The Morgan fingerprint density at radius 1 is 1.10 bits per heavy atom. The van der Waals surface area contributed by atoms with Crippen LogP contribution in [0.4, 0.5) is 5.82 Å². The molecule has 2 fully saturated rings. The van der Waals surface area contributed by atoms with Gasteiger partial charge in [0.05, 0.1) is 0 Å². The zero-order chi connectivity index (χ0) is 20.0. The number of hydrogen-bond donors (Lipinski definition) is 2. The second-order valence-electron chi connectivity index (χ2n) is 8.71. The number of aromatic hydroxyl groups is 1. The highest BCUT2D eigenvalue weighted by Gasteiger charge is 2.28. The maximum Gasteiger partial charge on any atom is 0.157 e. The molecule has 5 rings (SSSR count). The van der Waals surface area contributed by atoms with E-state index in [4.69, 9.17) is 0 Å². The molecule has 1 aliphatic carbocycles. The summed E-state index contributed by atoms with van der Waals surface area (Å²) >= 11 is 0. The van der Waals surface area contributed by atoms with Crippen LogP contribution in [-0.2, 0) is 0 Å². The summed E-state index contributed by atoms with van der Waals surface area (Å²) < 4.78 is 0. The van der Waals surface area contributed by atoms with Crippen LogP contribution in [0.25, 0.3) is 22.0 Å². The molecule has 150 valence electrons. The van der Waals surface area contributed by atoms with E-state index in [2.05, 4.69) is 45.7 Å². The van der Waals surface area contributed by atoms with Gasteiger partial charge in [-0.1, -0.05) is 24.3 Å². The molecule has 1 aromatic heterocycles. The van der Waals surface area contributed by atoms with E-state index >= 15 is 0 Å². The molecule has 0 radical (unpaired) electrons. The first-order chi connectivity index (χ1) is 14.1. The Morgan fingerprint density at radius 3 is 2.72 bits per heavy atom. The number of piperidine rings is 1. The van der Waals surface area contributed by atoms with Crippen LogP contribution in [0.3, 0.4) is 0 Å². The fourth-order valence-electron chi connectivity index (χ4n) is 4.59. The number of hydrogen-bond acceptors (Lipinski definition) is 5. The molecule has 2 heterocycles. The van der Waals surface area contributed by atoms with Gasteiger partial charge in [0.2, 0.25) is 0 Å². The van der Waals surface area contributed by atoms with Crippen molar-refractivity contribution < 1.29 is 5.11 Å². The largest absolute Gasteiger partial charge is 0.507 e. The summed E-state index contributed by atoms with van der Waals surface area (Å²) in [4.78, 5) is 2.37. The number of benzene rings is 2. The quantitative estimate of drug-likeness (QED) is 0.679. The molecule has 1 atom stereocenters. The minimum Gasteiger partial charge on any atom is -0.507 e. The Morgan fingerprint density at radius 2 is 1.97 bits per heavy atom. The number of nitrogens with one attached hydrogen (secondary N) is 1. The third-order valence-corrected chi connectivity index (χ3v) is 6.23. The molecule has 29 heavy (non-hydrogen) atoms. The number of likely N-dealkylation sites (N-methyl/N-ethyl adjacent to an activating group) is 1. The van der Waals surface area contributed by atoms with Crippen LogP contribution < -0.4 is 5.32 Å². The third-order valence-electron chi connectivity index (χ3n) is 6.23.